The number of aromatic nitrogens is 3. The number of hydrogen-bond donors (Lipinski definition) is 4. The summed E-state index contributed by atoms with van der Waals surface area (Å²) in [4.78, 5) is 38.3. The number of aryl methyl sites for hydroxylation is 2. The SMILES string of the molecule is Cc1cc(C)cc(-c2c(OCC[C@@H]3CCCCN3)c3cc(C(=O)Nc4cnsn4)c(Cl)cc3[nH]c2=O)c1.O=C(O)C(F)(F)F. The zero-order valence-electron chi connectivity index (χ0n) is 23.7. The number of nitrogens with one attached hydrogen (secondary N) is 3. The smallest absolute Gasteiger partial charge is 0.490 e. The number of hydrogen-bond acceptors (Lipinski definition) is 8. The fourth-order valence-corrected chi connectivity index (χ4v) is 5.49. The van der Waals surface area contributed by atoms with E-state index in [9.17, 15) is 22.8 Å². The van der Waals surface area contributed by atoms with Crippen molar-refractivity contribution >= 4 is 51.9 Å². The summed E-state index contributed by atoms with van der Waals surface area (Å²) in [6, 6.07) is 9.64. The highest BCUT2D eigenvalue weighted by molar-refractivity contribution is 6.99. The van der Waals surface area contributed by atoms with Crippen LogP contribution in [0.15, 0.2) is 41.3 Å². The van der Waals surface area contributed by atoms with E-state index >= 15 is 0 Å². The number of amides is 1. The van der Waals surface area contributed by atoms with E-state index in [4.69, 9.17) is 26.2 Å². The van der Waals surface area contributed by atoms with Crippen LogP contribution in [0.3, 0.4) is 0 Å². The summed E-state index contributed by atoms with van der Waals surface area (Å²) in [7, 11) is 0. The summed E-state index contributed by atoms with van der Waals surface area (Å²) >= 11 is 7.48. The van der Waals surface area contributed by atoms with Crippen LogP contribution in [0, 0.1) is 13.8 Å². The first kappa shape index (κ1) is 32.9. The fourth-order valence-electron chi connectivity index (χ4n) is 4.87. The second-order valence-corrected chi connectivity index (χ2v) is 11.2. The van der Waals surface area contributed by atoms with Gasteiger partial charge in [0, 0.05) is 11.4 Å². The molecule has 1 aliphatic rings. The predicted octanol–water partition coefficient (Wildman–Crippen LogP) is 6.11. The van der Waals surface area contributed by atoms with Crippen molar-refractivity contribution in [2.75, 3.05) is 18.5 Å². The van der Waals surface area contributed by atoms with Crippen LogP contribution >= 0.6 is 23.3 Å². The molecule has 1 amide bonds. The van der Waals surface area contributed by atoms with Crippen molar-refractivity contribution in [1.29, 1.82) is 0 Å². The second kappa shape index (κ2) is 14.2. The van der Waals surface area contributed by atoms with E-state index < -0.39 is 18.1 Å². The number of nitrogens with zero attached hydrogens (tertiary/aromatic N) is 2. The molecule has 0 bridgehead atoms. The van der Waals surface area contributed by atoms with E-state index in [1.807, 2.05) is 26.0 Å². The molecule has 4 aromatic rings. The van der Waals surface area contributed by atoms with Crippen LogP contribution in [0.4, 0.5) is 19.0 Å². The van der Waals surface area contributed by atoms with Gasteiger partial charge >= 0.3 is 12.1 Å². The van der Waals surface area contributed by atoms with Crippen molar-refractivity contribution < 1.29 is 32.6 Å². The average molecular weight is 652 g/mol. The van der Waals surface area contributed by atoms with Crippen molar-refractivity contribution in [1.82, 2.24) is 19.0 Å². The molecule has 0 unspecified atom stereocenters. The number of halogens is 4. The van der Waals surface area contributed by atoms with Gasteiger partial charge in [-0.1, -0.05) is 47.3 Å². The number of alkyl halides is 3. The van der Waals surface area contributed by atoms with Crippen LogP contribution in [0.2, 0.25) is 5.02 Å². The number of aromatic amines is 1. The molecular weight excluding hydrogens is 623 g/mol. The van der Waals surface area contributed by atoms with E-state index in [1.54, 1.807) is 12.1 Å². The minimum atomic E-state index is -5.08. The number of carbonyl (C=O) groups excluding carboxylic acids is 1. The van der Waals surface area contributed by atoms with E-state index in [-0.39, 0.29) is 16.1 Å². The van der Waals surface area contributed by atoms with Crippen LogP contribution in [0.5, 0.6) is 5.75 Å². The van der Waals surface area contributed by atoms with E-state index in [2.05, 4.69) is 30.4 Å². The quantitative estimate of drug-likeness (QED) is 0.187. The molecule has 3 heterocycles. The summed E-state index contributed by atoms with van der Waals surface area (Å²) in [6.45, 7) is 5.44. The summed E-state index contributed by atoms with van der Waals surface area (Å²) < 4.78 is 46.1. The highest BCUT2D eigenvalue weighted by Gasteiger charge is 2.38. The van der Waals surface area contributed by atoms with Gasteiger partial charge in [-0.2, -0.15) is 21.9 Å². The maximum Gasteiger partial charge on any atom is 0.490 e. The van der Waals surface area contributed by atoms with Crippen LogP contribution in [-0.4, -0.2) is 56.1 Å². The Labute approximate surface area is 258 Å². The fraction of sp³-hybridized carbons (Fsp3) is 0.345. The number of carboxylic acids is 1. The Kier molecular flexibility index (Phi) is 10.6. The minimum Gasteiger partial charge on any atom is -0.492 e. The summed E-state index contributed by atoms with van der Waals surface area (Å²) in [6.07, 6.45) is 0.703. The molecule has 2 aromatic heterocycles. The molecule has 4 N–H and O–H groups in total. The lowest BCUT2D eigenvalue weighted by molar-refractivity contribution is -0.192. The average Bonchev–Trinajstić information content (AvgIpc) is 3.45. The first-order valence-electron chi connectivity index (χ1n) is 13.6. The minimum absolute atomic E-state index is 0.209. The van der Waals surface area contributed by atoms with Crippen molar-refractivity contribution in [2.24, 2.45) is 0 Å². The van der Waals surface area contributed by atoms with Crippen LogP contribution < -0.4 is 20.9 Å². The molecule has 15 heteroatoms. The molecule has 1 fully saturated rings. The van der Waals surface area contributed by atoms with E-state index in [1.165, 1.54) is 19.0 Å². The first-order chi connectivity index (χ1) is 20.8. The number of anilines is 1. The second-order valence-electron chi connectivity index (χ2n) is 10.2. The Morgan fingerprint density at radius 2 is 1.86 bits per heavy atom. The Hall–Kier alpha value is -4.01. The Morgan fingerprint density at radius 1 is 1.16 bits per heavy atom. The van der Waals surface area contributed by atoms with Crippen molar-refractivity contribution in [3.8, 4) is 16.9 Å². The molecule has 5 rings (SSSR count). The standard InChI is InChI=1S/C27H28ClN5O3S.C2HF3O2/c1-15-9-16(2)11-17(10-15)24-25(36-8-6-18-5-3-4-7-29-18)20-12-19(21(28)13-22(20)31-27(24)35)26(34)32-23-14-30-37-33-23;3-2(4,5)1(6)7/h9-14,18,29H,3-8H2,1-2H3,(H,31,35)(H,32,33,34);(H,6,7)/t18-;/m0./s1. The lowest BCUT2D eigenvalue weighted by atomic mass is 9.98. The highest BCUT2D eigenvalue weighted by atomic mass is 35.5. The number of carboxylic acid groups (broad SMARTS) is 1. The monoisotopic (exact) mass is 651 g/mol. The van der Waals surface area contributed by atoms with Crippen LogP contribution in [0.1, 0.15) is 47.2 Å². The predicted molar refractivity (Wildman–Crippen MR) is 162 cm³/mol. The number of piperidine rings is 1. The number of carbonyl (C=O) groups is 2. The van der Waals surface area contributed by atoms with Gasteiger partial charge in [0.15, 0.2) is 5.82 Å². The van der Waals surface area contributed by atoms with Gasteiger partial charge in [-0.3, -0.25) is 9.59 Å². The molecule has 0 aliphatic carbocycles. The number of fused-ring (bicyclic) bond motifs is 1. The number of benzene rings is 2. The molecule has 234 valence electrons. The van der Waals surface area contributed by atoms with Gasteiger partial charge in [-0.25, -0.2) is 4.79 Å². The number of H-pyrrole nitrogens is 1. The van der Waals surface area contributed by atoms with Gasteiger partial charge in [-0.15, -0.1) is 0 Å². The molecule has 0 radical (unpaired) electrons. The number of aliphatic carboxylic acids is 1. The third-order valence-electron chi connectivity index (χ3n) is 6.78. The van der Waals surface area contributed by atoms with Gasteiger partial charge in [0.25, 0.3) is 11.5 Å². The third-order valence-corrected chi connectivity index (χ3v) is 7.57. The van der Waals surface area contributed by atoms with Crippen molar-refractivity contribution in [3.63, 3.8) is 0 Å². The summed E-state index contributed by atoms with van der Waals surface area (Å²) in [5.41, 5.74) is 3.76. The zero-order chi connectivity index (χ0) is 32.0. The van der Waals surface area contributed by atoms with Gasteiger partial charge in [0.2, 0.25) is 0 Å². The molecule has 44 heavy (non-hydrogen) atoms. The van der Waals surface area contributed by atoms with Crippen LogP contribution in [-0.2, 0) is 4.79 Å². The molecule has 0 spiro atoms. The van der Waals surface area contributed by atoms with Crippen molar-refractivity contribution in [3.05, 3.63) is 68.6 Å². The lowest BCUT2D eigenvalue weighted by Crippen LogP contribution is -2.35. The topological polar surface area (TPSA) is 146 Å². The summed E-state index contributed by atoms with van der Waals surface area (Å²) in [5.74, 6) is -2.38. The van der Waals surface area contributed by atoms with Gasteiger partial charge in [-0.05, 0) is 57.4 Å². The van der Waals surface area contributed by atoms with Crippen LogP contribution in [0.25, 0.3) is 22.0 Å². The Balaban J connectivity index is 0.000000566. The zero-order valence-corrected chi connectivity index (χ0v) is 25.3. The van der Waals surface area contributed by atoms with E-state index in [0.717, 1.165) is 47.8 Å². The van der Waals surface area contributed by atoms with Gasteiger partial charge in [0.1, 0.15) is 5.75 Å². The summed E-state index contributed by atoms with van der Waals surface area (Å²) in [5, 5.41) is 14.2. The molecular formula is C29H29ClF3N5O5S. The number of ether oxygens (including phenoxy) is 1. The normalized spacial score (nSPS) is 14.9. The largest absolute Gasteiger partial charge is 0.492 e. The molecule has 2 aromatic carbocycles. The third kappa shape index (κ3) is 8.33. The lowest BCUT2D eigenvalue weighted by Gasteiger charge is -2.24. The van der Waals surface area contributed by atoms with E-state index in [0.29, 0.717) is 40.7 Å². The molecule has 0 saturated carbocycles. The van der Waals surface area contributed by atoms with Crippen molar-refractivity contribution in [2.45, 2.75) is 51.7 Å². The maximum absolute atomic E-state index is 13.4. The molecule has 10 nitrogen and oxygen atoms in total. The number of rotatable bonds is 7. The van der Waals surface area contributed by atoms with Gasteiger partial charge < -0.3 is 25.5 Å². The maximum atomic E-state index is 13.4. The molecule has 1 saturated heterocycles. The molecule has 1 aliphatic heterocycles. The first-order valence-corrected chi connectivity index (χ1v) is 14.7. The highest BCUT2D eigenvalue weighted by Crippen LogP contribution is 2.37. The Morgan fingerprint density at radius 3 is 2.45 bits per heavy atom. The number of pyridine rings is 1. The Bertz CT molecular complexity index is 1690. The molecule has 1 atom stereocenters. The van der Waals surface area contributed by atoms with Gasteiger partial charge in [0.05, 0.1) is 46.2 Å².